The van der Waals surface area contributed by atoms with Gasteiger partial charge >= 0.3 is 0 Å². The van der Waals surface area contributed by atoms with Crippen molar-refractivity contribution in [2.75, 3.05) is 0 Å². The van der Waals surface area contributed by atoms with E-state index < -0.39 is 22.8 Å². The Balaban J connectivity index is 2.45. The minimum Gasteiger partial charge on any atom is -0.545 e. The Morgan fingerprint density at radius 3 is 2.68 bits per heavy atom. The highest BCUT2D eigenvalue weighted by Crippen LogP contribution is 2.37. The van der Waals surface area contributed by atoms with Crippen molar-refractivity contribution in [3.8, 4) is 0 Å². The molecule has 1 aromatic carbocycles. The van der Waals surface area contributed by atoms with Crippen LogP contribution < -0.4 is 10.5 Å². The molecule has 0 saturated heterocycles. The van der Waals surface area contributed by atoms with Crippen molar-refractivity contribution >= 4 is 28.5 Å². The molecule has 4 nitrogen and oxygen atoms in total. The molecule has 1 fully saturated rings. The van der Waals surface area contributed by atoms with Gasteiger partial charge in [-0.25, -0.2) is 4.39 Å². The first-order valence-electron chi connectivity index (χ1n) is 5.74. The van der Waals surface area contributed by atoms with Crippen LogP contribution in [0.1, 0.15) is 29.2 Å². The lowest BCUT2D eigenvalue weighted by atomic mass is 10.1. The molecule has 6 heteroatoms. The molecule has 1 saturated carbocycles. The van der Waals surface area contributed by atoms with Crippen molar-refractivity contribution in [3.63, 3.8) is 0 Å². The third-order valence-electron chi connectivity index (χ3n) is 3.23. The van der Waals surface area contributed by atoms with E-state index in [0.717, 1.165) is 18.9 Å². The average molecular weight is 281 g/mol. The number of carbonyl (C=O) groups excluding carboxylic acids is 1. The van der Waals surface area contributed by atoms with Crippen LogP contribution in [0.5, 0.6) is 0 Å². The van der Waals surface area contributed by atoms with Crippen LogP contribution in [0.4, 0.5) is 4.39 Å². The van der Waals surface area contributed by atoms with Gasteiger partial charge in [-0.05, 0) is 25.0 Å². The number of aromatic nitrogens is 1. The number of hydrogen-bond donors (Lipinski definition) is 0. The van der Waals surface area contributed by atoms with E-state index in [0.29, 0.717) is 5.52 Å². The number of aromatic carboxylic acids is 1. The number of rotatable bonds is 2. The number of halogens is 2. The van der Waals surface area contributed by atoms with Gasteiger partial charge in [0.1, 0.15) is 5.82 Å². The first kappa shape index (κ1) is 12.2. The highest BCUT2D eigenvalue weighted by molar-refractivity contribution is 6.31. The van der Waals surface area contributed by atoms with Gasteiger partial charge in [0.2, 0.25) is 0 Å². The zero-order valence-corrected chi connectivity index (χ0v) is 10.4. The normalized spacial score (nSPS) is 14.8. The lowest BCUT2D eigenvalue weighted by Gasteiger charge is -2.13. The van der Waals surface area contributed by atoms with Gasteiger partial charge in [-0.2, -0.15) is 0 Å². The number of nitrogens with zero attached hydrogens (tertiary/aromatic N) is 1. The summed E-state index contributed by atoms with van der Waals surface area (Å²) < 4.78 is 15.1. The van der Waals surface area contributed by atoms with Gasteiger partial charge in [-0.3, -0.25) is 4.79 Å². The molecule has 1 aliphatic carbocycles. The van der Waals surface area contributed by atoms with Crippen LogP contribution in [-0.4, -0.2) is 10.5 Å². The van der Waals surface area contributed by atoms with Crippen LogP contribution in [0.3, 0.4) is 0 Å². The van der Waals surface area contributed by atoms with Crippen LogP contribution in [0.15, 0.2) is 23.1 Å². The van der Waals surface area contributed by atoms with E-state index in [9.17, 15) is 19.1 Å². The summed E-state index contributed by atoms with van der Waals surface area (Å²) in [5.74, 6) is -2.30. The molecule has 1 aliphatic rings. The summed E-state index contributed by atoms with van der Waals surface area (Å²) in [7, 11) is 0. The number of hydrogen-bond acceptors (Lipinski definition) is 3. The van der Waals surface area contributed by atoms with Gasteiger partial charge in [0, 0.05) is 17.6 Å². The maximum Gasteiger partial charge on any atom is 0.198 e. The van der Waals surface area contributed by atoms with Gasteiger partial charge < -0.3 is 14.5 Å². The lowest BCUT2D eigenvalue weighted by molar-refractivity contribution is -0.255. The Morgan fingerprint density at radius 2 is 2.11 bits per heavy atom. The smallest absolute Gasteiger partial charge is 0.198 e. The highest BCUT2D eigenvalue weighted by atomic mass is 35.5. The largest absolute Gasteiger partial charge is 0.545 e. The van der Waals surface area contributed by atoms with Crippen molar-refractivity contribution in [3.05, 3.63) is 45.0 Å². The second-order valence-corrected chi connectivity index (χ2v) is 4.99. The number of fused-ring (bicyclic) bond motifs is 1. The van der Waals surface area contributed by atoms with Crippen LogP contribution >= 0.6 is 11.6 Å². The molecule has 0 unspecified atom stereocenters. The van der Waals surface area contributed by atoms with E-state index in [1.807, 2.05) is 0 Å². The molecule has 0 spiro atoms. The molecule has 0 N–H and O–H groups in total. The summed E-state index contributed by atoms with van der Waals surface area (Å²) in [6.07, 6.45) is 3.03. The second-order valence-electron chi connectivity index (χ2n) is 4.58. The third-order valence-corrected chi connectivity index (χ3v) is 3.52. The predicted octanol–water partition coefficient (Wildman–Crippen LogP) is 1.49. The molecular formula is C13H8ClFNO3-. The van der Waals surface area contributed by atoms with Gasteiger partial charge in [-0.15, -0.1) is 0 Å². The lowest BCUT2D eigenvalue weighted by Crippen LogP contribution is -2.30. The molecule has 2 aromatic rings. The molecule has 1 heterocycles. The van der Waals surface area contributed by atoms with Crippen molar-refractivity contribution < 1.29 is 14.3 Å². The molecule has 0 radical (unpaired) electrons. The van der Waals surface area contributed by atoms with E-state index in [1.165, 1.54) is 12.3 Å². The first-order valence-corrected chi connectivity index (χ1v) is 6.12. The van der Waals surface area contributed by atoms with Crippen LogP contribution in [0.25, 0.3) is 10.9 Å². The van der Waals surface area contributed by atoms with E-state index >= 15 is 0 Å². The van der Waals surface area contributed by atoms with Crippen molar-refractivity contribution in [1.29, 1.82) is 0 Å². The molecule has 1 aromatic heterocycles. The highest BCUT2D eigenvalue weighted by Gasteiger charge is 2.26. The third kappa shape index (κ3) is 1.90. The quantitative estimate of drug-likeness (QED) is 0.837. The minimum atomic E-state index is -1.56. The number of carboxylic acid groups (broad SMARTS) is 1. The van der Waals surface area contributed by atoms with Gasteiger partial charge in [0.05, 0.1) is 22.1 Å². The Hall–Kier alpha value is -1.88. The summed E-state index contributed by atoms with van der Waals surface area (Å²) in [5, 5.41) is 10.9. The van der Waals surface area contributed by atoms with E-state index in [4.69, 9.17) is 11.6 Å². The number of pyridine rings is 1. The molecule has 0 atom stereocenters. The Labute approximate surface area is 112 Å². The summed E-state index contributed by atoms with van der Waals surface area (Å²) in [4.78, 5) is 23.0. The molecule has 0 amide bonds. The maximum absolute atomic E-state index is 13.5. The summed E-state index contributed by atoms with van der Waals surface area (Å²) in [6, 6.07) is 2.46. The van der Waals surface area contributed by atoms with Crippen LogP contribution in [0.2, 0.25) is 5.02 Å². The molecule has 0 bridgehead atoms. The Morgan fingerprint density at radius 1 is 1.42 bits per heavy atom. The topological polar surface area (TPSA) is 62.1 Å². The average Bonchev–Trinajstić information content (AvgIpc) is 3.16. The summed E-state index contributed by atoms with van der Waals surface area (Å²) in [6.45, 7) is 0. The second kappa shape index (κ2) is 4.06. The molecule has 19 heavy (non-hydrogen) atoms. The minimum absolute atomic E-state index is 0.00972. The van der Waals surface area contributed by atoms with E-state index in [2.05, 4.69) is 0 Å². The maximum atomic E-state index is 13.5. The number of carboxylic acids is 1. The number of carbonyl (C=O) groups is 1. The summed E-state index contributed by atoms with van der Waals surface area (Å²) in [5.41, 5.74) is -0.757. The fraction of sp³-hybridized carbons (Fsp3) is 0.231. The fourth-order valence-corrected chi connectivity index (χ4v) is 2.30. The zero-order valence-electron chi connectivity index (χ0n) is 9.65. The molecule has 3 rings (SSSR count). The summed E-state index contributed by atoms with van der Waals surface area (Å²) >= 11 is 5.72. The Kier molecular flexibility index (Phi) is 2.60. The van der Waals surface area contributed by atoms with E-state index in [-0.39, 0.29) is 16.5 Å². The molecule has 0 aliphatic heterocycles. The monoisotopic (exact) mass is 280 g/mol. The van der Waals surface area contributed by atoms with Crippen molar-refractivity contribution in [1.82, 2.24) is 4.57 Å². The van der Waals surface area contributed by atoms with Crippen molar-refractivity contribution in [2.24, 2.45) is 0 Å². The first-order chi connectivity index (χ1) is 8.99. The van der Waals surface area contributed by atoms with E-state index in [1.54, 1.807) is 4.57 Å². The SMILES string of the molecule is O=C([O-])c1cn(C2CC2)c2cc(Cl)c(F)cc2c1=O. The van der Waals surface area contributed by atoms with Crippen molar-refractivity contribution in [2.45, 2.75) is 18.9 Å². The predicted molar refractivity (Wildman–Crippen MR) is 65.8 cm³/mol. The van der Waals surface area contributed by atoms with Gasteiger partial charge in [-0.1, -0.05) is 11.6 Å². The standard InChI is InChI=1S/C13H9ClFNO3/c14-9-4-11-7(3-10(9)15)12(17)8(13(18)19)5-16(11)6-1-2-6/h3-6H,1-2H2,(H,18,19)/p-1. The Bertz CT molecular complexity index is 765. The molecule has 98 valence electrons. The zero-order chi connectivity index (χ0) is 13.7. The fourth-order valence-electron chi connectivity index (χ4n) is 2.14. The molecular weight excluding hydrogens is 273 g/mol. The van der Waals surface area contributed by atoms with Gasteiger partial charge in [0.15, 0.2) is 5.43 Å². The number of benzene rings is 1. The van der Waals surface area contributed by atoms with Crippen LogP contribution in [-0.2, 0) is 0 Å². The van der Waals surface area contributed by atoms with Gasteiger partial charge in [0.25, 0.3) is 0 Å². The van der Waals surface area contributed by atoms with Crippen LogP contribution in [0, 0.1) is 5.82 Å².